The highest BCUT2D eigenvalue weighted by Crippen LogP contribution is 2.11. The van der Waals surface area contributed by atoms with E-state index in [9.17, 15) is 4.79 Å². The second kappa shape index (κ2) is 7.88. The van der Waals surface area contributed by atoms with Gasteiger partial charge in [0, 0.05) is 19.7 Å². The van der Waals surface area contributed by atoms with E-state index in [1.807, 2.05) is 6.07 Å². The van der Waals surface area contributed by atoms with Gasteiger partial charge in [0.1, 0.15) is 5.82 Å². The van der Waals surface area contributed by atoms with E-state index in [2.05, 4.69) is 46.0 Å². The lowest BCUT2D eigenvalue weighted by atomic mass is 10.1. The van der Waals surface area contributed by atoms with Crippen molar-refractivity contribution in [1.29, 1.82) is 0 Å². The lowest BCUT2D eigenvalue weighted by Gasteiger charge is -2.10. The standard InChI is InChI=1S/C18H22N4O2/c1-13-4-2-5-14(10-13)11-19-17-8-7-16(21-22-17)18(23)20-12-15-6-3-9-24-15/h2,4-5,7-8,10,15H,3,6,9,11-12H2,1H3,(H,19,22)(H,20,23). The zero-order chi connectivity index (χ0) is 16.8. The third kappa shape index (κ3) is 4.52. The predicted molar refractivity (Wildman–Crippen MR) is 91.8 cm³/mol. The molecule has 3 rings (SSSR count). The maximum absolute atomic E-state index is 12.0. The molecule has 1 fully saturated rings. The Morgan fingerprint density at radius 2 is 2.21 bits per heavy atom. The largest absolute Gasteiger partial charge is 0.376 e. The summed E-state index contributed by atoms with van der Waals surface area (Å²) in [5.41, 5.74) is 2.71. The third-order valence-electron chi connectivity index (χ3n) is 3.97. The van der Waals surface area contributed by atoms with E-state index >= 15 is 0 Å². The zero-order valence-electron chi connectivity index (χ0n) is 13.8. The summed E-state index contributed by atoms with van der Waals surface area (Å²) in [5.74, 6) is 0.426. The Labute approximate surface area is 141 Å². The minimum Gasteiger partial charge on any atom is -0.376 e. The molecule has 126 valence electrons. The van der Waals surface area contributed by atoms with Crippen LogP contribution in [-0.2, 0) is 11.3 Å². The Hall–Kier alpha value is -2.47. The average molecular weight is 326 g/mol. The Kier molecular flexibility index (Phi) is 5.38. The number of aryl methyl sites for hydroxylation is 1. The first kappa shape index (κ1) is 16.4. The highest BCUT2D eigenvalue weighted by atomic mass is 16.5. The summed E-state index contributed by atoms with van der Waals surface area (Å²) in [6, 6.07) is 11.7. The fourth-order valence-electron chi connectivity index (χ4n) is 2.66. The van der Waals surface area contributed by atoms with Crippen molar-refractivity contribution in [2.75, 3.05) is 18.5 Å². The Bertz CT molecular complexity index is 682. The van der Waals surface area contributed by atoms with Crippen molar-refractivity contribution in [3.05, 3.63) is 53.2 Å². The second-order valence-corrected chi connectivity index (χ2v) is 5.99. The number of carbonyl (C=O) groups is 1. The van der Waals surface area contributed by atoms with Gasteiger partial charge in [-0.3, -0.25) is 4.79 Å². The van der Waals surface area contributed by atoms with Gasteiger partial charge in [-0.05, 0) is 37.5 Å². The van der Waals surface area contributed by atoms with E-state index in [0.29, 0.717) is 24.6 Å². The van der Waals surface area contributed by atoms with E-state index in [1.54, 1.807) is 12.1 Å². The van der Waals surface area contributed by atoms with Crippen LogP contribution in [0.3, 0.4) is 0 Å². The number of nitrogens with zero attached hydrogens (tertiary/aromatic N) is 2. The number of hydrogen-bond donors (Lipinski definition) is 2. The molecule has 1 saturated heterocycles. The molecule has 6 nitrogen and oxygen atoms in total. The SMILES string of the molecule is Cc1cccc(CNc2ccc(C(=O)NCC3CCCO3)nn2)c1. The number of rotatable bonds is 6. The average Bonchev–Trinajstić information content (AvgIpc) is 3.12. The molecular formula is C18H22N4O2. The third-order valence-corrected chi connectivity index (χ3v) is 3.97. The first-order valence-electron chi connectivity index (χ1n) is 8.23. The van der Waals surface area contributed by atoms with Crippen molar-refractivity contribution >= 4 is 11.7 Å². The molecule has 1 unspecified atom stereocenters. The first-order chi connectivity index (χ1) is 11.7. The van der Waals surface area contributed by atoms with Crippen LogP contribution in [0.25, 0.3) is 0 Å². The van der Waals surface area contributed by atoms with Gasteiger partial charge in [0.05, 0.1) is 6.10 Å². The molecule has 1 aromatic heterocycles. The van der Waals surface area contributed by atoms with Crippen LogP contribution in [0.4, 0.5) is 5.82 Å². The fourth-order valence-corrected chi connectivity index (χ4v) is 2.66. The first-order valence-corrected chi connectivity index (χ1v) is 8.23. The molecule has 0 spiro atoms. The van der Waals surface area contributed by atoms with Crippen molar-refractivity contribution in [2.24, 2.45) is 0 Å². The van der Waals surface area contributed by atoms with Gasteiger partial charge in [-0.1, -0.05) is 29.8 Å². The summed E-state index contributed by atoms with van der Waals surface area (Å²) in [6.07, 6.45) is 2.17. The number of amides is 1. The van der Waals surface area contributed by atoms with Crippen LogP contribution in [-0.4, -0.2) is 35.4 Å². The van der Waals surface area contributed by atoms with Crippen LogP contribution in [0.2, 0.25) is 0 Å². The summed E-state index contributed by atoms with van der Waals surface area (Å²) in [5, 5.41) is 14.1. The number of anilines is 1. The molecule has 2 aromatic rings. The predicted octanol–water partition coefficient (Wildman–Crippen LogP) is 2.31. The van der Waals surface area contributed by atoms with Crippen molar-refractivity contribution in [3.8, 4) is 0 Å². The summed E-state index contributed by atoms with van der Waals surface area (Å²) in [7, 11) is 0. The lowest BCUT2D eigenvalue weighted by molar-refractivity contribution is 0.0853. The Morgan fingerprint density at radius 1 is 1.29 bits per heavy atom. The van der Waals surface area contributed by atoms with Gasteiger partial charge in [-0.15, -0.1) is 10.2 Å². The quantitative estimate of drug-likeness (QED) is 0.852. The van der Waals surface area contributed by atoms with Crippen molar-refractivity contribution in [1.82, 2.24) is 15.5 Å². The van der Waals surface area contributed by atoms with Gasteiger partial charge in [0.25, 0.3) is 5.91 Å². The zero-order valence-corrected chi connectivity index (χ0v) is 13.8. The molecule has 1 amide bonds. The van der Waals surface area contributed by atoms with E-state index in [4.69, 9.17) is 4.74 Å². The summed E-state index contributed by atoms with van der Waals surface area (Å²) in [4.78, 5) is 12.0. The molecule has 0 aliphatic carbocycles. The molecule has 1 aliphatic heterocycles. The maximum atomic E-state index is 12.0. The van der Waals surface area contributed by atoms with Crippen molar-refractivity contribution in [3.63, 3.8) is 0 Å². The highest BCUT2D eigenvalue weighted by molar-refractivity contribution is 5.92. The van der Waals surface area contributed by atoms with E-state index < -0.39 is 0 Å². The van der Waals surface area contributed by atoms with Gasteiger partial charge in [0.2, 0.25) is 0 Å². The van der Waals surface area contributed by atoms with Crippen LogP contribution in [0.5, 0.6) is 0 Å². The smallest absolute Gasteiger partial charge is 0.271 e. The molecule has 1 aliphatic rings. The van der Waals surface area contributed by atoms with E-state index in [0.717, 1.165) is 19.4 Å². The number of benzene rings is 1. The van der Waals surface area contributed by atoms with Crippen LogP contribution in [0.15, 0.2) is 36.4 Å². The van der Waals surface area contributed by atoms with E-state index in [1.165, 1.54) is 11.1 Å². The van der Waals surface area contributed by atoms with Crippen molar-refractivity contribution < 1.29 is 9.53 Å². The number of aromatic nitrogens is 2. The summed E-state index contributed by atoms with van der Waals surface area (Å²) < 4.78 is 5.48. The Balaban J connectivity index is 1.50. The number of carbonyl (C=O) groups excluding carboxylic acids is 1. The van der Waals surface area contributed by atoms with Gasteiger partial charge in [-0.25, -0.2) is 0 Å². The van der Waals surface area contributed by atoms with E-state index in [-0.39, 0.29) is 12.0 Å². The summed E-state index contributed by atoms with van der Waals surface area (Å²) >= 11 is 0. The maximum Gasteiger partial charge on any atom is 0.271 e. The van der Waals surface area contributed by atoms with Crippen LogP contribution < -0.4 is 10.6 Å². The number of ether oxygens (including phenoxy) is 1. The monoisotopic (exact) mass is 326 g/mol. The fraction of sp³-hybridized carbons (Fsp3) is 0.389. The summed E-state index contributed by atoms with van der Waals surface area (Å²) in [6.45, 7) is 4.03. The molecule has 6 heteroatoms. The van der Waals surface area contributed by atoms with Crippen LogP contribution >= 0.6 is 0 Å². The van der Waals surface area contributed by atoms with Gasteiger partial charge < -0.3 is 15.4 Å². The van der Waals surface area contributed by atoms with Gasteiger partial charge >= 0.3 is 0 Å². The molecule has 1 atom stereocenters. The van der Waals surface area contributed by atoms with Crippen LogP contribution in [0, 0.1) is 6.92 Å². The van der Waals surface area contributed by atoms with Crippen LogP contribution in [0.1, 0.15) is 34.5 Å². The Morgan fingerprint density at radius 3 is 2.92 bits per heavy atom. The van der Waals surface area contributed by atoms with Gasteiger partial charge in [0.15, 0.2) is 5.69 Å². The van der Waals surface area contributed by atoms with Crippen molar-refractivity contribution in [2.45, 2.75) is 32.4 Å². The lowest BCUT2D eigenvalue weighted by Crippen LogP contribution is -2.32. The molecule has 24 heavy (non-hydrogen) atoms. The number of nitrogens with one attached hydrogen (secondary N) is 2. The van der Waals surface area contributed by atoms with Gasteiger partial charge in [-0.2, -0.15) is 0 Å². The molecule has 2 heterocycles. The molecule has 2 N–H and O–H groups in total. The molecule has 0 bridgehead atoms. The number of hydrogen-bond acceptors (Lipinski definition) is 5. The molecule has 0 radical (unpaired) electrons. The molecular weight excluding hydrogens is 304 g/mol. The minimum atomic E-state index is -0.219. The second-order valence-electron chi connectivity index (χ2n) is 5.99. The molecule has 1 aromatic carbocycles. The normalized spacial score (nSPS) is 16.8. The molecule has 0 saturated carbocycles. The highest BCUT2D eigenvalue weighted by Gasteiger charge is 2.17. The minimum absolute atomic E-state index is 0.122. The topological polar surface area (TPSA) is 76.1 Å².